The van der Waals surface area contributed by atoms with Crippen LogP contribution in [0.25, 0.3) is 0 Å². The molecule has 0 amide bonds. The fraction of sp³-hybridized carbons (Fsp3) is 0.684. The number of fused-ring (bicyclic) bond motifs is 1. The van der Waals surface area contributed by atoms with E-state index in [1.165, 1.54) is 11.1 Å². The van der Waals surface area contributed by atoms with Crippen molar-refractivity contribution >= 4 is 0 Å². The summed E-state index contributed by atoms with van der Waals surface area (Å²) in [6.07, 6.45) is 1.07. The zero-order chi connectivity index (χ0) is 15.8. The molecule has 3 nitrogen and oxygen atoms in total. The summed E-state index contributed by atoms with van der Waals surface area (Å²) in [5.74, 6) is 0.452. The Morgan fingerprint density at radius 2 is 1.91 bits per heavy atom. The molecule has 1 aromatic carbocycles. The van der Waals surface area contributed by atoms with Crippen LogP contribution in [-0.4, -0.2) is 29.0 Å². The van der Waals surface area contributed by atoms with Gasteiger partial charge in [-0.3, -0.25) is 0 Å². The van der Waals surface area contributed by atoms with Gasteiger partial charge in [0.15, 0.2) is 0 Å². The molecule has 0 aromatic heterocycles. The summed E-state index contributed by atoms with van der Waals surface area (Å²) in [6, 6.07) is 8.40. The van der Waals surface area contributed by atoms with Gasteiger partial charge in [0.2, 0.25) is 0 Å². The van der Waals surface area contributed by atoms with Crippen molar-refractivity contribution in [1.29, 1.82) is 0 Å². The minimum atomic E-state index is -0.222. The second kappa shape index (κ2) is 4.34. The maximum atomic E-state index is 6.45. The van der Waals surface area contributed by atoms with Crippen LogP contribution in [-0.2, 0) is 20.8 Å². The van der Waals surface area contributed by atoms with Gasteiger partial charge in [0, 0.05) is 5.92 Å². The molecule has 4 rings (SSSR count). The minimum Gasteiger partial charge on any atom is -0.368 e. The maximum Gasteiger partial charge on any atom is 0.116 e. The number of hydrogen-bond acceptors (Lipinski definition) is 3. The molecule has 3 saturated heterocycles. The molecule has 5 atom stereocenters. The molecule has 0 saturated carbocycles. The van der Waals surface area contributed by atoms with E-state index in [-0.39, 0.29) is 29.0 Å². The van der Waals surface area contributed by atoms with E-state index in [2.05, 4.69) is 58.9 Å². The Hall–Kier alpha value is -0.900. The molecule has 22 heavy (non-hydrogen) atoms. The zero-order valence-electron chi connectivity index (χ0n) is 14.2. The van der Waals surface area contributed by atoms with Crippen LogP contribution >= 0.6 is 0 Å². The molecule has 2 bridgehead atoms. The topological polar surface area (TPSA) is 27.7 Å². The first kappa shape index (κ1) is 14.7. The van der Waals surface area contributed by atoms with Crippen molar-refractivity contribution < 1.29 is 14.2 Å². The van der Waals surface area contributed by atoms with Crippen LogP contribution in [0.4, 0.5) is 0 Å². The monoisotopic (exact) mass is 302 g/mol. The van der Waals surface area contributed by atoms with Crippen LogP contribution in [0.15, 0.2) is 24.3 Å². The van der Waals surface area contributed by atoms with Crippen LogP contribution in [0.2, 0.25) is 0 Å². The lowest BCUT2D eigenvalue weighted by Gasteiger charge is -2.33. The van der Waals surface area contributed by atoms with Crippen LogP contribution in [0, 0.1) is 12.8 Å². The van der Waals surface area contributed by atoms with E-state index in [0.29, 0.717) is 12.5 Å². The lowest BCUT2D eigenvalue weighted by atomic mass is 9.69. The van der Waals surface area contributed by atoms with Crippen molar-refractivity contribution in [3.05, 3.63) is 35.4 Å². The SMILES string of the molecule is Cc1ccccc1COC1C2OC(C)(C)C3CC1(C)OC23C. The first-order valence-corrected chi connectivity index (χ1v) is 8.30. The van der Waals surface area contributed by atoms with Gasteiger partial charge in [-0.2, -0.15) is 0 Å². The quantitative estimate of drug-likeness (QED) is 0.853. The van der Waals surface area contributed by atoms with Gasteiger partial charge in [0.25, 0.3) is 0 Å². The third kappa shape index (κ3) is 1.79. The molecule has 3 fully saturated rings. The lowest BCUT2D eigenvalue weighted by Crippen LogP contribution is -2.48. The lowest BCUT2D eigenvalue weighted by molar-refractivity contribution is -0.111. The summed E-state index contributed by atoms with van der Waals surface area (Å²) < 4.78 is 19.2. The highest BCUT2D eigenvalue weighted by molar-refractivity contribution is 5.26. The molecule has 5 unspecified atom stereocenters. The molecule has 3 heteroatoms. The predicted molar refractivity (Wildman–Crippen MR) is 84.7 cm³/mol. The summed E-state index contributed by atoms with van der Waals surface area (Å²) in [6.45, 7) is 11.5. The van der Waals surface area contributed by atoms with E-state index in [1.54, 1.807) is 0 Å². The minimum absolute atomic E-state index is 0.00938. The summed E-state index contributed by atoms with van der Waals surface area (Å²) in [5, 5.41) is 0. The Labute approximate surface area is 132 Å². The van der Waals surface area contributed by atoms with E-state index < -0.39 is 0 Å². The molecule has 3 aliphatic heterocycles. The van der Waals surface area contributed by atoms with Gasteiger partial charge in [-0.1, -0.05) is 24.3 Å². The molecule has 120 valence electrons. The predicted octanol–water partition coefficient (Wildman–Crippen LogP) is 3.63. The first-order chi connectivity index (χ1) is 10.3. The second-order valence-electron chi connectivity index (χ2n) is 8.16. The molecule has 0 spiro atoms. The standard InChI is InChI=1S/C19H26O3/c1-12-8-6-7-9-13(12)11-20-15-16-19(5)14(17(2,3)21-16)10-18(15,4)22-19/h6-9,14-16H,10-11H2,1-5H3. The van der Waals surface area contributed by atoms with Crippen LogP contribution in [0.1, 0.15) is 45.2 Å². The highest BCUT2D eigenvalue weighted by atomic mass is 16.6. The van der Waals surface area contributed by atoms with E-state index in [4.69, 9.17) is 14.2 Å². The summed E-state index contributed by atoms with van der Waals surface area (Å²) >= 11 is 0. The molecular weight excluding hydrogens is 276 g/mol. The van der Waals surface area contributed by atoms with Crippen molar-refractivity contribution in [3.63, 3.8) is 0 Å². The molecule has 0 radical (unpaired) electrons. The van der Waals surface area contributed by atoms with Crippen molar-refractivity contribution in [3.8, 4) is 0 Å². The van der Waals surface area contributed by atoms with Gasteiger partial charge in [0.05, 0.1) is 17.8 Å². The van der Waals surface area contributed by atoms with Crippen LogP contribution in [0.3, 0.4) is 0 Å². The summed E-state index contributed by atoms with van der Waals surface area (Å²) in [7, 11) is 0. The number of rotatable bonds is 3. The Kier molecular flexibility index (Phi) is 2.90. The van der Waals surface area contributed by atoms with Crippen molar-refractivity contribution in [2.24, 2.45) is 5.92 Å². The van der Waals surface area contributed by atoms with Crippen molar-refractivity contribution in [2.75, 3.05) is 0 Å². The van der Waals surface area contributed by atoms with E-state index in [1.807, 2.05) is 0 Å². The second-order valence-corrected chi connectivity index (χ2v) is 8.16. The molecular formula is C19H26O3. The van der Waals surface area contributed by atoms with E-state index in [0.717, 1.165) is 6.42 Å². The van der Waals surface area contributed by atoms with Crippen molar-refractivity contribution in [1.82, 2.24) is 0 Å². The Balaban J connectivity index is 1.58. The Morgan fingerprint density at radius 1 is 1.18 bits per heavy atom. The molecule has 3 aliphatic rings. The average molecular weight is 302 g/mol. The third-order valence-corrected chi connectivity index (χ3v) is 6.15. The van der Waals surface area contributed by atoms with E-state index >= 15 is 0 Å². The molecule has 0 N–H and O–H groups in total. The Morgan fingerprint density at radius 3 is 2.64 bits per heavy atom. The number of benzene rings is 1. The number of ether oxygens (including phenoxy) is 3. The number of hydrogen-bond donors (Lipinski definition) is 0. The highest BCUT2D eigenvalue weighted by Crippen LogP contribution is 2.64. The summed E-state index contributed by atoms with van der Waals surface area (Å²) in [5.41, 5.74) is 1.97. The first-order valence-electron chi connectivity index (χ1n) is 8.30. The van der Waals surface area contributed by atoms with Crippen molar-refractivity contribution in [2.45, 2.75) is 76.7 Å². The van der Waals surface area contributed by atoms with Gasteiger partial charge in [-0.15, -0.1) is 0 Å². The zero-order valence-corrected chi connectivity index (χ0v) is 14.2. The third-order valence-electron chi connectivity index (χ3n) is 6.15. The average Bonchev–Trinajstić information content (AvgIpc) is 2.87. The van der Waals surface area contributed by atoms with Gasteiger partial charge in [0.1, 0.15) is 17.8 Å². The fourth-order valence-corrected chi connectivity index (χ4v) is 5.01. The maximum absolute atomic E-state index is 6.45. The number of aryl methyl sites for hydroxylation is 1. The Bertz CT molecular complexity index is 610. The van der Waals surface area contributed by atoms with Crippen LogP contribution in [0.5, 0.6) is 0 Å². The normalized spacial score (nSPS) is 44.7. The van der Waals surface area contributed by atoms with Gasteiger partial charge in [-0.25, -0.2) is 0 Å². The van der Waals surface area contributed by atoms with Gasteiger partial charge in [-0.05, 0) is 52.2 Å². The largest absolute Gasteiger partial charge is 0.368 e. The van der Waals surface area contributed by atoms with Gasteiger partial charge >= 0.3 is 0 Å². The molecule has 1 aromatic rings. The van der Waals surface area contributed by atoms with Crippen LogP contribution < -0.4 is 0 Å². The van der Waals surface area contributed by atoms with Gasteiger partial charge < -0.3 is 14.2 Å². The summed E-state index contributed by atoms with van der Waals surface area (Å²) in [4.78, 5) is 0. The smallest absolute Gasteiger partial charge is 0.116 e. The van der Waals surface area contributed by atoms with E-state index in [9.17, 15) is 0 Å². The molecule has 0 aliphatic carbocycles. The highest BCUT2D eigenvalue weighted by Gasteiger charge is 2.76. The molecule has 3 heterocycles. The fourth-order valence-electron chi connectivity index (χ4n) is 5.01.